The quantitative estimate of drug-likeness (QED) is 0.504. The van der Waals surface area contributed by atoms with Gasteiger partial charge in [0.25, 0.3) is 0 Å². The number of benzene rings is 1. The summed E-state index contributed by atoms with van der Waals surface area (Å²) >= 11 is 1.17. The van der Waals surface area contributed by atoms with Crippen LogP contribution in [-0.2, 0) is 23.4 Å². The molecule has 9 heteroatoms. The number of nitrogens with two attached hydrogens (primary N) is 1. The van der Waals surface area contributed by atoms with Gasteiger partial charge in [-0.3, -0.25) is 14.7 Å². The first-order valence-corrected chi connectivity index (χ1v) is 10.0. The molecule has 0 bridgehead atoms. The molecule has 2 aromatic rings. The van der Waals surface area contributed by atoms with Gasteiger partial charge in [0.15, 0.2) is 11.0 Å². The van der Waals surface area contributed by atoms with E-state index >= 15 is 0 Å². The van der Waals surface area contributed by atoms with Crippen molar-refractivity contribution in [1.82, 2.24) is 20.1 Å². The van der Waals surface area contributed by atoms with Crippen LogP contribution in [-0.4, -0.2) is 32.0 Å². The first-order valence-electron chi connectivity index (χ1n) is 9.15. The Morgan fingerprint density at radius 3 is 2.52 bits per heavy atom. The van der Waals surface area contributed by atoms with Crippen molar-refractivity contribution in [1.29, 1.82) is 0 Å². The van der Waals surface area contributed by atoms with Crippen LogP contribution < -0.4 is 15.8 Å². The fraction of sp³-hybridized carbons (Fsp3) is 0.400. The van der Waals surface area contributed by atoms with E-state index in [2.05, 4.69) is 42.9 Å². The molecule has 3 amide bonds. The lowest BCUT2D eigenvalue weighted by Crippen LogP contribution is -2.39. The van der Waals surface area contributed by atoms with Crippen LogP contribution in [0.1, 0.15) is 39.1 Å². The molecule has 1 aromatic heterocycles. The van der Waals surface area contributed by atoms with E-state index in [4.69, 9.17) is 10.5 Å². The van der Waals surface area contributed by atoms with Crippen LogP contribution in [0.2, 0.25) is 0 Å². The van der Waals surface area contributed by atoms with E-state index in [1.165, 1.54) is 17.3 Å². The fourth-order valence-corrected chi connectivity index (χ4v) is 3.34. The van der Waals surface area contributed by atoms with E-state index in [9.17, 15) is 9.59 Å². The lowest BCUT2D eigenvalue weighted by Gasteiger charge is -2.19. The first-order chi connectivity index (χ1) is 13.6. The van der Waals surface area contributed by atoms with Crippen molar-refractivity contribution in [2.24, 2.45) is 5.73 Å². The predicted octanol–water partition coefficient (Wildman–Crippen LogP) is 3.02. The normalized spacial score (nSPS) is 12.3. The van der Waals surface area contributed by atoms with Crippen LogP contribution in [0.15, 0.2) is 42.1 Å². The van der Waals surface area contributed by atoms with Gasteiger partial charge in [0.05, 0.1) is 5.25 Å². The van der Waals surface area contributed by atoms with Crippen LogP contribution in [0.3, 0.4) is 0 Å². The van der Waals surface area contributed by atoms with Crippen molar-refractivity contribution >= 4 is 23.7 Å². The Morgan fingerprint density at radius 2 is 1.97 bits per heavy atom. The number of ether oxygens (including phenoxy) is 1. The van der Waals surface area contributed by atoms with Gasteiger partial charge in [-0.15, -0.1) is 16.8 Å². The third-order valence-electron chi connectivity index (χ3n) is 4.09. The maximum atomic E-state index is 11.9. The molecule has 0 aliphatic rings. The van der Waals surface area contributed by atoms with E-state index in [0.29, 0.717) is 17.5 Å². The summed E-state index contributed by atoms with van der Waals surface area (Å²) in [7, 11) is 0. The maximum absolute atomic E-state index is 11.9. The molecule has 8 nitrogen and oxygen atoms in total. The van der Waals surface area contributed by atoms with Gasteiger partial charge < -0.3 is 10.5 Å². The molecule has 3 N–H and O–H groups in total. The Kier molecular flexibility index (Phi) is 7.44. The largest absolute Gasteiger partial charge is 0.486 e. The van der Waals surface area contributed by atoms with Crippen molar-refractivity contribution in [3.63, 3.8) is 0 Å². The SMILES string of the molecule is C=CCn1c(COc2ccc(C(C)(C)C)cc2)nnc1S[C@H](C)C(=O)NC(N)=O. The van der Waals surface area contributed by atoms with E-state index in [-0.39, 0.29) is 12.0 Å². The summed E-state index contributed by atoms with van der Waals surface area (Å²) in [6, 6.07) is 7.07. The van der Waals surface area contributed by atoms with Gasteiger partial charge in [-0.1, -0.05) is 50.7 Å². The van der Waals surface area contributed by atoms with E-state index in [1.54, 1.807) is 13.0 Å². The van der Waals surface area contributed by atoms with E-state index in [0.717, 1.165) is 5.75 Å². The molecule has 2 rings (SSSR count). The predicted molar refractivity (Wildman–Crippen MR) is 113 cm³/mol. The molecule has 0 saturated heterocycles. The third-order valence-corrected chi connectivity index (χ3v) is 5.17. The van der Waals surface area contributed by atoms with Crippen LogP contribution in [0, 0.1) is 0 Å². The number of hydrogen-bond acceptors (Lipinski definition) is 6. The summed E-state index contributed by atoms with van der Waals surface area (Å²) in [4.78, 5) is 22.8. The van der Waals surface area contributed by atoms with Crippen LogP contribution in [0.25, 0.3) is 0 Å². The van der Waals surface area contributed by atoms with Crippen LogP contribution in [0.4, 0.5) is 4.79 Å². The number of nitrogens with zero attached hydrogens (tertiary/aromatic N) is 3. The molecule has 0 aliphatic heterocycles. The fourth-order valence-electron chi connectivity index (χ4n) is 2.46. The second kappa shape index (κ2) is 9.60. The second-order valence-electron chi connectivity index (χ2n) is 7.47. The monoisotopic (exact) mass is 417 g/mol. The Balaban J connectivity index is 2.08. The zero-order valence-corrected chi connectivity index (χ0v) is 18.0. The molecule has 156 valence electrons. The number of hydrogen-bond donors (Lipinski definition) is 2. The van der Waals surface area contributed by atoms with Gasteiger partial charge in [-0.2, -0.15) is 0 Å². The van der Waals surface area contributed by atoms with Crippen LogP contribution in [0.5, 0.6) is 5.75 Å². The number of imide groups is 1. The minimum atomic E-state index is -0.887. The number of primary amides is 1. The van der Waals surface area contributed by atoms with Gasteiger partial charge in [0, 0.05) is 6.54 Å². The highest BCUT2D eigenvalue weighted by molar-refractivity contribution is 8.00. The summed E-state index contributed by atoms with van der Waals surface area (Å²) in [6.07, 6.45) is 1.71. The van der Waals surface area contributed by atoms with Gasteiger partial charge >= 0.3 is 6.03 Å². The highest BCUT2D eigenvalue weighted by Gasteiger charge is 2.21. The Morgan fingerprint density at radius 1 is 1.31 bits per heavy atom. The summed E-state index contributed by atoms with van der Waals surface area (Å²) in [5, 5.41) is 10.3. The lowest BCUT2D eigenvalue weighted by atomic mass is 9.87. The number of thioether (sulfide) groups is 1. The molecule has 29 heavy (non-hydrogen) atoms. The zero-order valence-electron chi connectivity index (χ0n) is 17.1. The molecule has 0 spiro atoms. The molecule has 0 aliphatic carbocycles. The molecule has 0 fully saturated rings. The van der Waals surface area contributed by atoms with Crippen molar-refractivity contribution in [3.05, 3.63) is 48.3 Å². The molecule has 1 heterocycles. The number of carbonyl (C=O) groups excluding carboxylic acids is 2. The summed E-state index contributed by atoms with van der Waals surface area (Å²) in [5.41, 5.74) is 6.29. The average Bonchev–Trinajstić information content (AvgIpc) is 3.01. The highest BCUT2D eigenvalue weighted by atomic mass is 32.2. The summed E-state index contributed by atoms with van der Waals surface area (Å²) in [5.74, 6) is 0.844. The van der Waals surface area contributed by atoms with Gasteiger partial charge in [-0.25, -0.2) is 4.79 Å². The topological polar surface area (TPSA) is 112 Å². The third kappa shape index (κ3) is 6.35. The Hall–Kier alpha value is -2.81. The van der Waals surface area contributed by atoms with Crippen molar-refractivity contribution in [3.8, 4) is 5.75 Å². The molecule has 1 atom stereocenters. The van der Waals surface area contributed by atoms with Gasteiger partial charge in [0.1, 0.15) is 12.4 Å². The first kappa shape index (κ1) is 22.5. The number of carbonyl (C=O) groups is 2. The van der Waals surface area contributed by atoms with Crippen molar-refractivity contribution in [2.45, 2.75) is 56.7 Å². The molecule has 1 aromatic carbocycles. The number of aromatic nitrogens is 3. The standard InChI is InChI=1S/C20H27N5O3S/c1-6-11-25-16(12-28-15-9-7-14(8-10-15)20(3,4)5)23-24-19(25)29-13(2)17(26)22-18(21)27/h6-10,13H,1,11-12H2,2-5H3,(H3,21,22,26,27)/t13-/m1/s1. The zero-order chi connectivity index (χ0) is 21.6. The highest BCUT2D eigenvalue weighted by Crippen LogP contribution is 2.26. The molecule has 0 unspecified atom stereocenters. The van der Waals surface area contributed by atoms with Gasteiger partial charge in [-0.05, 0) is 30.0 Å². The minimum Gasteiger partial charge on any atom is -0.486 e. The van der Waals surface area contributed by atoms with Crippen molar-refractivity contribution in [2.75, 3.05) is 0 Å². The van der Waals surface area contributed by atoms with E-state index in [1.807, 2.05) is 28.8 Å². The van der Waals surface area contributed by atoms with E-state index < -0.39 is 17.2 Å². The van der Waals surface area contributed by atoms with Crippen LogP contribution >= 0.6 is 11.8 Å². The number of amides is 3. The minimum absolute atomic E-state index is 0.0757. The molecule has 0 saturated carbocycles. The summed E-state index contributed by atoms with van der Waals surface area (Å²) in [6.45, 7) is 12.6. The molecular formula is C20H27N5O3S. The van der Waals surface area contributed by atoms with Gasteiger partial charge in [0.2, 0.25) is 5.91 Å². The van der Waals surface area contributed by atoms with Crippen molar-refractivity contribution < 1.29 is 14.3 Å². The number of nitrogens with one attached hydrogen (secondary N) is 1. The average molecular weight is 418 g/mol. The number of urea groups is 1. The molecule has 0 radical (unpaired) electrons. The Labute approximate surface area is 174 Å². The smallest absolute Gasteiger partial charge is 0.318 e. The second-order valence-corrected chi connectivity index (χ2v) is 8.78. The number of allylic oxidation sites excluding steroid dienone is 1. The lowest BCUT2D eigenvalue weighted by molar-refractivity contribution is -0.119. The number of rotatable bonds is 8. The summed E-state index contributed by atoms with van der Waals surface area (Å²) < 4.78 is 7.67. The maximum Gasteiger partial charge on any atom is 0.318 e. The molecular weight excluding hydrogens is 390 g/mol. The Bertz CT molecular complexity index is 871.